The van der Waals surface area contributed by atoms with E-state index < -0.39 is 34.0 Å². The number of aromatic nitrogens is 3. The van der Waals surface area contributed by atoms with Gasteiger partial charge in [-0.05, 0) is 43.9 Å². The Morgan fingerprint density at radius 2 is 1.97 bits per heavy atom. The smallest absolute Gasteiger partial charge is 0.260 e. The van der Waals surface area contributed by atoms with Gasteiger partial charge in [-0.15, -0.1) is 0 Å². The van der Waals surface area contributed by atoms with Gasteiger partial charge in [-0.3, -0.25) is 4.79 Å². The normalized spacial score (nSPS) is 21.6. The summed E-state index contributed by atoms with van der Waals surface area (Å²) in [6.45, 7) is 2.35. The van der Waals surface area contributed by atoms with E-state index in [1.54, 1.807) is 19.1 Å². The molecule has 9 nitrogen and oxygen atoms in total. The number of imidazole rings is 1. The number of H-pyrrole nitrogens is 1. The van der Waals surface area contributed by atoms with Gasteiger partial charge in [-0.2, -0.15) is 0 Å². The number of sulfone groups is 1. The number of hydrogen-bond donors (Lipinski definition) is 3. The lowest BCUT2D eigenvalue weighted by Crippen LogP contribution is -2.18. The molecule has 1 aromatic carbocycles. The summed E-state index contributed by atoms with van der Waals surface area (Å²) in [5.41, 5.74) is 2.19. The minimum atomic E-state index is -3.62. The third kappa shape index (κ3) is 4.85. The SMILES string of the molecule is Cc1nc2c(Nc3ccc(C4CCCCO4)cc3S(C)(=O)=O)cc(NC(=O)[C@@H]3CC3(F)F)nc2[nH]1. The first kappa shape index (κ1) is 23.6. The van der Waals surface area contributed by atoms with Crippen LogP contribution in [0.3, 0.4) is 0 Å². The predicted molar refractivity (Wildman–Crippen MR) is 126 cm³/mol. The van der Waals surface area contributed by atoms with E-state index >= 15 is 0 Å². The van der Waals surface area contributed by atoms with Crippen molar-refractivity contribution in [2.45, 2.75) is 49.5 Å². The van der Waals surface area contributed by atoms with Gasteiger partial charge in [-0.1, -0.05) is 6.07 Å². The van der Waals surface area contributed by atoms with Gasteiger partial charge in [0.2, 0.25) is 5.91 Å². The molecule has 1 unspecified atom stereocenters. The number of nitrogens with one attached hydrogen (secondary N) is 3. The van der Waals surface area contributed by atoms with Crippen molar-refractivity contribution in [2.75, 3.05) is 23.5 Å². The first-order valence-electron chi connectivity index (χ1n) is 11.3. The third-order valence-corrected chi connectivity index (χ3v) is 7.33. The van der Waals surface area contributed by atoms with Crippen LogP contribution in [-0.2, 0) is 19.4 Å². The molecule has 1 amide bonds. The second kappa shape index (κ2) is 8.52. The molecule has 12 heteroatoms. The fraction of sp³-hybridized carbons (Fsp3) is 0.435. The number of alkyl halides is 2. The fourth-order valence-corrected chi connectivity index (χ4v) is 5.14. The average Bonchev–Trinajstić information content (AvgIpc) is 3.27. The van der Waals surface area contributed by atoms with Crippen molar-refractivity contribution in [3.05, 3.63) is 35.7 Å². The highest BCUT2D eigenvalue weighted by molar-refractivity contribution is 7.90. The number of benzene rings is 1. The Morgan fingerprint density at radius 3 is 2.63 bits per heavy atom. The van der Waals surface area contributed by atoms with E-state index in [9.17, 15) is 22.0 Å². The number of carbonyl (C=O) groups excluding carboxylic acids is 1. The molecule has 3 heterocycles. The molecule has 186 valence electrons. The van der Waals surface area contributed by atoms with Crippen LogP contribution in [0.4, 0.5) is 26.0 Å². The van der Waals surface area contributed by atoms with Crippen molar-refractivity contribution < 1.29 is 26.7 Å². The monoisotopic (exact) mass is 505 g/mol. The number of amides is 1. The minimum absolute atomic E-state index is 0.0458. The zero-order valence-corrected chi connectivity index (χ0v) is 20.0. The summed E-state index contributed by atoms with van der Waals surface area (Å²) < 4.78 is 57.8. The molecule has 0 spiro atoms. The molecule has 2 aromatic heterocycles. The zero-order chi connectivity index (χ0) is 25.0. The maximum absolute atomic E-state index is 13.3. The maximum atomic E-state index is 13.3. The Balaban J connectivity index is 1.51. The molecule has 1 saturated heterocycles. The van der Waals surface area contributed by atoms with E-state index in [0.717, 1.165) is 31.1 Å². The van der Waals surface area contributed by atoms with Crippen molar-refractivity contribution in [3.8, 4) is 0 Å². The van der Waals surface area contributed by atoms with E-state index in [1.807, 2.05) is 6.07 Å². The number of ether oxygens (including phenoxy) is 1. The largest absolute Gasteiger partial charge is 0.374 e. The molecule has 3 aromatic rings. The maximum Gasteiger partial charge on any atom is 0.260 e. The van der Waals surface area contributed by atoms with Gasteiger partial charge in [0.05, 0.1) is 22.4 Å². The summed E-state index contributed by atoms with van der Waals surface area (Å²) in [4.78, 5) is 23.9. The number of aromatic amines is 1. The summed E-state index contributed by atoms with van der Waals surface area (Å²) in [5, 5.41) is 5.53. The second-order valence-electron chi connectivity index (χ2n) is 9.09. The third-order valence-electron chi connectivity index (χ3n) is 6.19. The van der Waals surface area contributed by atoms with Crippen LogP contribution in [-0.4, -0.2) is 48.1 Å². The number of halogens is 2. The lowest BCUT2D eigenvalue weighted by atomic mass is 10.0. The van der Waals surface area contributed by atoms with Gasteiger partial charge in [0.15, 0.2) is 15.5 Å². The number of rotatable bonds is 6. The van der Waals surface area contributed by atoms with E-state index in [4.69, 9.17) is 4.74 Å². The molecule has 5 rings (SSSR count). The molecule has 0 radical (unpaired) electrons. The Kier molecular flexibility index (Phi) is 5.75. The van der Waals surface area contributed by atoms with Gasteiger partial charge in [0.25, 0.3) is 5.92 Å². The Bertz CT molecular complexity index is 1420. The number of pyridine rings is 1. The van der Waals surface area contributed by atoms with Gasteiger partial charge < -0.3 is 20.4 Å². The highest BCUT2D eigenvalue weighted by atomic mass is 32.2. The molecule has 35 heavy (non-hydrogen) atoms. The van der Waals surface area contributed by atoms with E-state index in [-0.39, 0.29) is 16.8 Å². The van der Waals surface area contributed by atoms with E-state index in [2.05, 4.69) is 25.6 Å². The van der Waals surface area contributed by atoms with E-state index in [1.165, 1.54) is 6.07 Å². The number of hydrogen-bond acceptors (Lipinski definition) is 7. The van der Waals surface area contributed by atoms with Crippen LogP contribution in [0.25, 0.3) is 11.2 Å². The number of carbonyl (C=O) groups is 1. The summed E-state index contributed by atoms with van der Waals surface area (Å²) in [6, 6.07) is 6.54. The highest BCUT2D eigenvalue weighted by Crippen LogP contribution is 2.49. The van der Waals surface area contributed by atoms with Gasteiger partial charge in [0, 0.05) is 25.3 Å². The number of nitrogens with zero attached hydrogens (tertiary/aromatic N) is 2. The van der Waals surface area contributed by atoms with Crippen molar-refractivity contribution in [3.63, 3.8) is 0 Å². The van der Waals surface area contributed by atoms with Crippen LogP contribution in [0.2, 0.25) is 0 Å². The molecule has 0 bridgehead atoms. The lowest BCUT2D eigenvalue weighted by molar-refractivity contribution is -0.119. The van der Waals surface area contributed by atoms with Gasteiger partial charge in [0.1, 0.15) is 23.1 Å². The summed E-state index contributed by atoms with van der Waals surface area (Å²) in [5.74, 6) is -4.62. The van der Waals surface area contributed by atoms with Crippen LogP contribution < -0.4 is 10.6 Å². The number of aryl methyl sites for hydroxylation is 1. The first-order chi connectivity index (χ1) is 16.5. The molecular weight excluding hydrogens is 480 g/mol. The summed E-state index contributed by atoms with van der Waals surface area (Å²) >= 11 is 0. The molecule has 3 N–H and O–H groups in total. The Morgan fingerprint density at radius 1 is 1.20 bits per heavy atom. The van der Waals surface area contributed by atoms with Crippen LogP contribution in [0.15, 0.2) is 29.2 Å². The molecule has 1 saturated carbocycles. The Hall–Kier alpha value is -3.12. The highest BCUT2D eigenvalue weighted by Gasteiger charge is 2.61. The topological polar surface area (TPSA) is 126 Å². The Labute approximate surface area is 200 Å². The predicted octanol–water partition coefficient (Wildman–Crippen LogP) is 4.25. The van der Waals surface area contributed by atoms with Crippen molar-refractivity contribution in [1.29, 1.82) is 0 Å². The minimum Gasteiger partial charge on any atom is -0.374 e. The molecule has 2 fully saturated rings. The van der Waals surface area contributed by atoms with Crippen LogP contribution in [0.1, 0.15) is 43.2 Å². The van der Waals surface area contributed by atoms with Crippen molar-refractivity contribution >= 4 is 44.1 Å². The van der Waals surface area contributed by atoms with Crippen LogP contribution in [0.5, 0.6) is 0 Å². The second-order valence-corrected chi connectivity index (χ2v) is 11.1. The molecule has 2 atom stereocenters. The van der Waals surface area contributed by atoms with Crippen molar-refractivity contribution in [1.82, 2.24) is 15.0 Å². The molecule has 1 aliphatic carbocycles. The van der Waals surface area contributed by atoms with Gasteiger partial charge >= 0.3 is 0 Å². The standard InChI is InChI=1S/C23H25F2N5O4S/c1-12-26-20-16(10-19(29-21(20)27-12)30-22(31)14-11-23(14,24)25)28-15-7-6-13(9-18(15)35(2,32)33)17-5-3-4-8-34-17/h6-7,9-10,14,17H,3-5,8,11H2,1-2H3,(H3,26,27,28,29,30,31)/t14-,17?/m0/s1. The fourth-order valence-electron chi connectivity index (χ4n) is 4.27. The number of anilines is 3. The molecule has 1 aliphatic heterocycles. The van der Waals surface area contributed by atoms with Gasteiger partial charge in [-0.25, -0.2) is 27.2 Å². The first-order valence-corrected chi connectivity index (χ1v) is 13.2. The van der Waals surface area contributed by atoms with Crippen LogP contribution >= 0.6 is 0 Å². The lowest BCUT2D eigenvalue weighted by Gasteiger charge is -2.24. The quantitative estimate of drug-likeness (QED) is 0.457. The van der Waals surface area contributed by atoms with Crippen molar-refractivity contribution in [2.24, 2.45) is 5.92 Å². The summed E-state index contributed by atoms with van der Waals surface area (Å²) in [7, 11) is -3.62. The van der Waals surface area contributed by atoms with Crippen LogP contribution in [0, 0.1) is 12.8 Å². The summed E-state index contributed by atoms with van der Waals surface area (Å²) in [6.07, 6.45) is 3.27. The molecule has 2 aliphatic rings. The zero-order valence-electron chi connectivity index (χ0n) is 19.2. The number of fused-ring (bicyclic) bond motifs is 1. The molecular formula is C23H25F2N5O4S. The average molecular weight is 506 g/mol. The van der Waals surface area contributed by atoms with E-state index in [0.29, 0.717) is 35.0 Å².